The van der Waals surface area contributed by atoms with Gasteiger partial charge in [0.05, 0.1) is 19.0 Å². The van der Waals surface area contributed by atoms with Gasteiger partial charge >= 0.3 is 0 Å². The number of piperidine rings is 1. The number of pyridine rings is 1. The molecule has 0 radical (unpaired) electrons. The van der Waals surface area contributed by atoms with Crippen molar-refractivity contribution in [2.75, 3.05) is 26.3 Å². The lowest BCUT2D eigenvalue weighted by Gasteiger charge is -2.49. The van der Waals surface area contributed by atoms with Crippen molar-refractivity contribution >= 4 is 5.91 Å². The van der Waals surface area contributed by atoms with E-state index in [0.29, 0.717) is 31.3 Å². The summed E-state index contributed by atoms with van der Waals surface area (Å²) < 4.78 is 17.5. The maximum atomic E-state index is 12.9. The van der Waals surface area contributed by atoms with Crippen molar-refractivity contribution in [2.24, 2.45) is 5.41 Å². The highest BCUT2D eigenvalue weighted by Gasteiger charge is 2.48. The van der Waals surface area contributed by atoms with Gasteiger partial charge < -0.3 is 18.8 Å². The molecule has 26 heavy (non-hydrogen) atoms. The molecule has 2 aromatic heterocycles. The van der Waals surface area contributed by atoms with Crippen molar-refractivity contribution in [1.29, 1.82) is 0 Å². The molecule has 6 heteroatoms. The van der Waals surface area contributed by atoms with E-state index in [1.54, 1.807) is 12.5 Å². The second kappa shape index (κ2) is 7.11. The van der Waals surface area contributed by atoms with Crippen LogP contribution < -0.4 is 4.74 Å². The molecule has 2 aromatic rings. The lowest BCUT2D eigenvalue weighted by Crippen LogP contribution is -2.58. The zero-order valence-electron chi connectivity index (χ0n) is 15.0. The first-order valence-corrected chi connectivity index (χ1v) is 9.17. The number of hydrogen-bond donors (Lipinski definition) is 0. The van der Waals surface area contributed by atoms with Crippen molar-refractivity contribution in [3.63, 3.8) is 0 Å². The van der Waals surface area contributed by atoms with Crippen molar-refractivity contribution < 1.29 is 18.7 Å². The molecule has 2 aliphatic heterocycles. The standard InChI is InChI=1S/C20H24N2O4/c1-15-7-12-25-18(15)19(23)22-10-6-16-20(13-22,8-4-11-24-16)14-26-17-5-2-3-9-21-17/h2-3,5,7,9,12,16H,4,6,8,10-11,13-14H2,1H3/t16-,20-/m1/s1. The zero-order chi connectivity index (χ0) is 18.0. The van der Waals surface area contributed by atoms with Crippen molar-refractivity contribution in [3.05, 3.63) is 48.0 Å². The molecule has 4 rings (SSSR count). The van der Waals surface area contributed by atoms with Crippen LogP contribution in [0.4, 0.5) is 0 Å². The monoisotopic (exact) mass is 356 g/mol. The van der Waals surface area contributed by atoms with Crippen LogP contribution in [0.15, 0.2) is 41.1 Å². The Balaban J connectivity index is 1.53. The fourth-order valence-corrected chi connectivity index (χ4v) is 4.06. The Labute approximate surface area is 153 Å². The summed E-state index contributed by atoms with van der Waals surface area (Å²) >= 11 is 0. The number of ether oxygens (including phenoxy) is 2. The number of hydrogen-bond acceptors (Lipinski definition) is 5. The van der Waals surface area contributed by atoms with Crippen LogP contribution in [0.5, 0.6) is 5.88 Å². The second-order valence-corrected chi connectivity index (χ2v) is 7.23. The largest absolute Gasteiger partial charge is 0.477 e. The van der Waals surface area contributed by atoms with Crippen molar-refractivity contribution in [2.45, 2.75) is 32.3 Å². The Morgan fingerprint density at radius 3 is 3.12 bits per heavy atom. The summed E-state index contributed by atoms with van der Waals surface area (Å²) in [6, 6.07) is 7.45. The van der Waals surface area contributed by atoms with E-state index in [1.807, 2.05) is 36.1 Å². The minimum atomic E-state index is -0.204. The lowest BCUT2D eigenvalue weighted by molar-refractivity contribution is -0.133. The fraction of sp³-hybridized carbons (Fsp3) is 0.500. The summed E-state index contributed by atoms with van der Waals surface area (Å²) in [7, 11) is 0. The number of fused-ring (bicyclic) bond motifs is 1. The maximum Gasteiger partial charge on any atom is 0.289 e. The molecule has 0 unspecified atom stereocenters. The Morgan fingerprint density at radius 1 is 1.42 bits per heavy atom. The summed E-state index contributed by atoms with van der Waals surface area (Å²) in [6.07, 6.45) is 6.17. The number of likely N-dealkylation sites (tertiary alicyclic amines) is 1. The van der Waals surface area contributed by atoms with Gasteiger partial charge in [0.2, 0.25) is 5.88 Å². The molecular weight excluding hydrogens is 332 g/mol. The van der Waals surface area contributed by atoms with Crippen molar-refractivity contribution in [3.8, 4) is 5.88 Å². The predicted molar refractivity (Wildman–Crippen MR) is 95.1 cm³/mol. The second-order valence-electron chi connectivity index (χ2n) is 7.23. The first-order valence-electron chi connectivity index (χ1n) is 9.17. The van der Waals surface area contributed by atoms with E-state index in [4.69, 9.17) is 13.9 Å². The number of aromatic nitrogens is 1. The third-order valence-corrected chi connectivity index (χ3v) is 5.48. The molecule has 138 valence electrons. The van der Waals surface area contributed by atoms with Gasteiger partial charge in [-0.2, -0.15) is 0 Å². The molecule has 0 aliphatic carbocycles. The van der Waals surface area contributed by atoms with Crippen LogP contribution in [0.2, 0.25) is 0 Å². The summed E-state index contributed by atoms with van der Waals surface area (Å²) in [6.45, 7) is 4.46. The molecule has 1 amide bonds. The van der Waals surface area contributed by atoms with Crippen LogP contribution in [-0.4, -0.2) is 48.2 Å². The van der Waals surface area contributed by atoms with Gasteiger partial charge in [-0.1, -0.05) is 6.07 Å². The van der Waals surface area contributed by atoms with Gasteiger partial charge in [-0.3, -0.25) is 4.79 Å². The molecule has 0 bridgehead atoms. The summed E-state index contributed by atoms with van der Waals surface area (Å²) in [5.41, 5.74) is 0.667. The van der Waals surface area contributed by atoms with Crippen molar-refractivity contribution in [1.82, 2.24) is 9.88 Å². The quantitative estimate of drug-likeness (QED) is 0.842. The van der Waals surface area contributed by atoms with Crippen LogP contribution in [0.1, 0.15) is 35.4 Å². The third kappa shape index (κ3) is 3.21. The highest BCUT2D eigenvalue weighted by atomic mass is 16.5. The Hall–Kier alpha value is -2.34. The SMILES string of the molecule is Cc1ccoc1C(=O)N1CC[C@H]2OCCC[C@]2(COc2ccccn2)C1. The van der Waals surface area contributed by atoms with Gasteiger partial charge in [0.1, 0.15) is 0 Å². The van der Waals surface area contributed by atoms with E-state index >= 15 is 0 Å². The molecule has 2 fully saturated rings. The molecule has 2 atom stereocenters. The first-order chi connectivity index (χ1) is 12.7. The van der Waals surface area contributed by atoms with E-state index in [2.05, 4.69) is 4.98 Å². The average Bonchev–Trinajstić information content (AvgIpc) is 3.12. The first kappa shape index (κ1) is 17.1. The third-order valence-electron chi connectivity index (χ3n) is 5.48. The van der Waals surface area contributed by atoms with Crippen LogP contribution in [0.3, 0.4) is 0 Å². The Morgan fingerprint density at radius 2 is 2.35 bits per heavy atom. The number of carbonyl (C=O) groups excluding carboxylic acids is 1. The molecule has 0 saturated carbocycles. The average molecular weight is 356 g/mol. The highest BCUT2D eigenvalue weighted by Crippen LogP contribution is 2.41. The summed E-state index contributed by atoms with van der Waals surface area (Å²) in [5, 5.41) is 0. The topological polar surface area (TPSA) is 64.8 Å². The maximum absolute atomic E-state index is 12.9. The smallest absolute Gasteiger partial charge is 0.289 e. The molecule has 2 aliphatic rings. The van der Waals surface area contributed by atoms with Crippen LogP contribution in [-0.2, 0) is 4.74 Å². The van der Waals surface area contributed by atoms with Gasteiger partial charge in [0.25, 0.3) is 5.91 Å². The van der Waals surface area contributed by atoms with E-state index in [1.165, 1.54) is 0 Å². The number of nitrogens with zero attached hydrogens (tertiary/aromatic N) is 2. The Kier molecular flexibility index (Phi) is 4.68. The van der Waals surface area contributed by atoms with Crippen LogP contribution in [0, 0.1) is 12.3 Å². The van der Waals surface area contributed by atoms with E-state index in [0.717, 1.165) is 31.4 Å². The van der Waals surface area contributed by atoms with Gasteiger partial charge in [0.15, 0.2) is 5.76 Å². The number of carbonyl (C=O) groups is 1. The fourth-order valence-electron chi connectivity index (χ4n) is 4.06. The van der Waals surface area contributed by atoms with Gasteiger partial charge in [-0.25, -0.2) is 4.98 Å². The molecule has 6 nitrogen and oxygen atoms in total. The van der Waals surface area contributed by atoms with Gasteiger partial charge in [0, 0.05) is 42.9 Å². The number of amides is 1. The normalized spacial score (nSPS) is 25.6. The molecular formula is C20H24N2O4. The number of aryl methyl sites for hydroxylation is 1. The van der Waals surface area contributed by atoms with E-state index < -0.39 is 0 Å². The van der Waals surface area contributed by atoms with E-state index in [9.17, 15) is 4.79 Å². The lowest BCUT2D eigenvalue weighted by atomic mass is 9.73. The minimum absolute atomic E-state index is 0.0475. The van der Waals surface area contributed by atoms with Gasteiger partial charge in [-0.15, -0.1) is 0 Å². The molecule has 0 spiro atoms. The molecule has 0 aromatic carbocycles. The van der Waals surface area contributed by atoms with E-state index in [-0.39, 0.29) is 17.4 Å². The van der Waals surface area contributed by atoms with Gasteiger partial charge in [-0.05, 0) is 38.3 Å². The number of rotatable bonds is 4. The minimum Gasteiger partial charge on any atom is -0.477 e. The summed E-state index contributed by atoms with van der Waals surface area (Å²) in [4.78, 5) is 19.0. The molecule has 2 saturated heterocycles. The Bertz CT molecular complexity index is 760. The highest BCUT2D eigenvalue weighted by molar-refractivity contribution is 5.93. The van der Waals surface area contributed by atoms with Crippen LogP contribution >= 0.6 is 0 Å². The molecule has 0 N–H and O–H groups in total. The number of furan rings is 1. The molecule has 4 heterocycles. The summed E-state index contributed by atoms with van der Waals surface area (Å²) in [5.74, 6) is 0.992. The predicted octanol–water partition coefficient (Wildman–Crippen LogP) is 3.07. The van der Waals surface area contributed by atoms with Crippen LogP contribution in [0.25, 0.3) is 0 Å². The zero-order valence-corrected chi connectivity index (χ0v) is 15.0.